The third-order valence-electron chi connectivity index (χ3n) is 3.49. The van der Waals surface area contributed by atoms with E-state index in [2.05, 4.69) is 27.7 Å². The van der Waals surface area contributed by atoms with Crippen LogP contribution in [0, 0.1) is 11.3 Å². The van der Waals surface area contributed by atoms with Crippen molar-refractivity contribution in [2.45, 2.75) is 53.4 Å². The lowest BCUT2D eigenvalue weighted by Gasteiger charge is -2.37. The fraction of sp³-hybridized carbons (Fsp3) is 0.769. The van der Waals surface area contributed by atoms with Crippen molar-refractivity contribution in [1.29, 1.82) is 0 Å². The lowest BCUT2D eigenvalue weighted by atomic mass is 9.68. The molecule has 1 heteroatoms. The molecular formula is C13H22O. The highest BCUT2D eigenvalue weighted by Crippen LogP contribution is 2.44. The highest BCUT2D eigenvalue weighted by atomic mass is 16.1. The highest BCUT2D eigenvalue weighted by Gasteiger charge is 2.31. The second-order valence-electron chi connectivity index (χ2n) is 5.23. The minimum atomic E-state index is 0.310. The van der Waals surface area contributed by atoms with Crippen molar-refractivity contribution >= 4 is 6.29 Å². The van der Waals surface area contributed by atoms with Gasteiger partial charge in [-0.2, -0.15) is 0 Å². The molecule has 0 aromatic rings. The molecule has 0 saturated heterocycles. The Balaban J connectivity index is 2.94. The van der Waals surface area contributed by atoms with E-state index in [1.54, 1.807) is 0 Å². The van der Waals surface area contributed by atoms with Crippen molar-refractivity contribution in [2.24, 2.45) is 11.3 Å². The van der Waals surface area contributed by atoms with E-state index in [0.717, 1.165) is 6.29 Å². The molecule has 80 valence electrons. The third kappa shape index (κ3) is 2.26. The van der Waals surface area contributed by atoms with Crippen molar-refractivity contribution in [3.8, 4) is 0 Å². The molecule has 0 spiro atoms. The number of carbonyl (C=O) groups excluding carboxylic acids is 1. The molecule has 0 fully saturated rings. The van der Waals surface area contributed by atoms with E-state index < -0.39 is 0 Å². The first kappa shape index (κ1) is 11.5. The molecule has 0 amide bonds. The fourth-order valence-electron chi connectivity index (χ4n) is 2.99. The molecule has 0 radical (unpaired) electrons. The molecule has 1 nitrogen and oxygen atoms in total. The minimum Gasteiger partial charge on any atom is -0.303 e. The molecule has 1 aliphatic carbocycles. The molecule has 0 unspecified atom stereocenters. The summed E-state index contributed by atoms with van der Waals surface area (Å²) in [6.07, 6.45) is 5.52. The Morgan fingerprint density at radius 3 is 2.64 bits per heavy atom. The molecule has 0 bridgehead atoms. The number of rotatable bonds is 3. The lowest BCUT2D eigenvalue weighted by Crippen LogP contribution is -2.25. The van der Waals surface area contributed by atoms with Crippen LogP contribution in [0.4, 0.5) is 0 Å². The number of hydrogen-bond acceptors (Lipinski definition) is 1. The normalized spacial score (nSPS) is 23.4. The molecule has 1 rings (SSSR count). The van der Waals surface area contributed by atoms with Crippen LogP contribution in [0.3, 0.4) is 0 Å². The predicted octanol–water partition coefficient (Wildman–Crippen LogP) is 3.74. The second-order valence-corrected chi connectivity index (χ2v) is 5.23. The van der Waals surface area contributed by atoms with E-state index in [4.69, 9.17) is 0 Å². The predicted molar refractivity (Wildman–Crippen MR) is 60.2 cm³/mol. The topological polar surface area (TPSA) is 17.1 Å². The first-order valence-electron chi connectivity index (χ1n) is 5.63. The molecule has 14 heavy (non-hydrogen) atoms. The molecule has 1 aliphatic rings. The molecule has 0 saturated carbocycles. The second kappa shape index (κ2) is 4.29. The van der Waals surface area contributed by atoms with Crippen LogP contribution in [0.1, 0.15) is 53.4 Å². The zero-order valence-corrected chi connectivity index (χ0v) is 9.89. The monoisotopic (exact) mass is 194 g/mol. The summed E-state index contributed by atoms with van der Waals surface area (Å²) in [5.74, 6) is 0.433. The number of carbonyl (C=O) groups is 1. The number of aldehydes is 1. The van der Waals surface area contributed by atoms with Gasteiger partial charge in [0.15, 0.2) is 0 Å². The summed E-state index contributed by atoms with van der Waals surface area (Å²) in [6.45, 7) is 9.04. The van der Waals surface area contributed by atoms with Gasteiger partial charge in [0, 0.05) is 6.42 Å². The lowest BCUT2D eigenvalue weighted by molar-refractivity contribution is -0.108. The van der Waals surface area contributed by atoms with Crippen molar-refractivity contribution < 1.29 is 4.79 Å². The van der Waals surface area contributed by atoms with Gasteiger partial charge in [-0.25, -0.2) is 0 Å². The van der Waals surface area contributed by atoms with E-state index >= 15 is 0 Å². The van der Waals surface area contributed by atoms with Crippen LogP contribution in [0.2, 0.25) is 0 Å². The summed E-state index contributed by atoms with van der Waals surface area (Å²) in [4.78, 5) is 10.6. The van der Waals surface area contributed by atoms with Gasteiger partial charge in [0.05, 0.1) is 0 Å². The van der Waals surface area contributed by atoms with Gasteiger partial charge in [0.1, 0.15) is 6.29 Å². The van der Waals surface area contributed by atoms with Gasteiger partial charge >= 0.3 is 0 Å². The minimum absolute atomic E-state index is 0.310. The molecule has 0 aromatic carbocycles. The molecular weight excluding hydrogens is 172 g/mol. The van der Waals surface area contributed by atoms with Crippen LogP contribution in [0.25, 0.3) is 0 Å². The van der Waals surface area contributed by atoms with Crippen molar-refractivity contribution in [3.05, 3.63) is 11.1 Å². The maximum absolute atomic E-state index is 10.6. The summed E-state index contributed by atoms with van der Waals surface area (Å²) in [6, 6.07) is 0. The van der Waals surface area contributed by atoms with Gasteiger partial charge in [-0.3, -0.25) is 0 Å². The zero-order chi connectivity index (χ0) is 10.8. The summed E-state index contributed by atoms with van der Waals surface area (Å²) in [7, 11) is 0. The average Bonchev–Trinajstić information content (AvgIpc) is 2.02. The first-order valence-corrected chi connectivity index (χ1v) is 5.63. The van der Waals surface area contributed by atoms with Crippen LogP contribution < -0.4 is 0 Å². The largest absolute Gasteiger partial charge is 0.303 e. The number of hydrogen-bond donors (Lipinski definition) is 0. The van der Waals surface area contributed by atoms with Crippen molar-refractivity contribution in [2.75, 3.05) is 0 Å². The quantitative estimate of drug-likeness (QED) is 0.494. The van der Waals surface area contributed by atoms with E-state index in [9.17, 15) is 4.79 Å². The third-order valence-corrected chi connectivity index (χ3v) is 3.49. The van der Waals surface area contributed by atoms with E-state index in [0.29, 0.717) is 17.8 Å². The Morgan fingerprint density at radius 2 is 2.14 bits per heavy atom. The van der Waals surface area contributed by atoms with Crippen LogP contribution in [-0.4, -0.2) is 6.29 Å². The van der Waals surface area contributed by atoms with E-state index in [-0.39, 0.29) is 0 Å². The standard InChI is InChI=1S/C13H22O/c1-10-6-5-8-13(3,4)12(10)11(2)7-9-14/h9,11H,5-8H2,1-4H3/t11-/m0/s1. The van der Waals surface area contributed by atoms with E-state index in [1.807, 2.05) is 0 Å². The summed E-state index contributed by atoms with van der Waals surface area (Å²) in [5.41, 5.74) is 3.37. The molecule has 0 aromatic heterocycles. The summed E-state index contributed by atoms with van der Waals surface area (Å²) in [5, 5.41) is 0. The smallest absolute Gasteiger partial charge is 0.120 e. The maximum atomic E-state index is 10.6. The Kier molecular flexibility index (Phi) is 3.52. The number of allylic oxidation sites excluding steroid dienone is 2. The average molecular weight is 194 g/mol. The molecule has 1 atom stereocenters. The van der Waals surface area contributed by atoms with Gasteiger partial charge in [0.2, 0.25) is 0 Å². The van der Waals surface area contributed by atoms with Crippen molar-refractivity contribution in [3.63, 3.8) is 0 Å². The molecule has 0 N–H and O–H groups in total. The first-order chi connectivity index (χ1) is 6.49. The Hall–Kier alpha value is -0.590. The SMILES string of the molecule is CC1=C([C@@H](C)CC=O)C(C)(C)CCC1. The zero-order valence-electron chi connectivity index (χ0n) is 9.89. The molecule has 0 aliphatic heterocycles. The van der Waals surface area contributed by atoms with Gasteiger partial charge in [0.25, 0.3) is 0 Å². The Morgan fingerprint density at radius 1 is 1.50 bits per heavy atom. The van der Waals surface area contributed by atoms with Crippen LogP contribution in [0.15, 0.2) is 11.1 Å². The van der Waals surface area contributed by atoms with Gasteiger partial charge in [-0.15, -0.1) is 0 Å². The van der Waals surface area contributed by atoms with Crippen LogP contribution in [-0.2, 0) is 4.79 Å². The van der Waals surface area contributed by atoms with Gasteiger partial charge in [-0.05, 0) is 37.5 Å². The van der Waals surface area contributed by atoms with Gasteiger partial charge in [-0.1, -0.05) is 31.9 Å². The van der Waals surface area contributed by atoms with E-state index in [1.165, 1.54) is 30.4 Å². The Labute approximate surface area is 87.6 Å². The van der Waals surface area contributed by atoms with Crippen molar-refractivity contribution in [1.82, 2.24) is 0 Å². The highest BCUT2D eigenvalue weighted by molar-refractivity contribution is 5.51. The maximum Gasteiger partial charge on any atom is 0.120 e. The van der Waals surface area contributed by atoms with Crippen LogP contribution >= 0.6 is 0 Å². The summed E-state index contributed by atoms with van der Waals surface area (Å²) < 4.78 is 0. The van der Waals surface area contributed by atoms with Crippen LogP contribution in [0.5, 0.6) is 0 Å². The Bertz CT molecular complexity index is 248. The summed E-state index contributed by atoms with van der Waals surface area (Å²) >= 11 is 0. The van der Waals surface area contributed by atoms with Gasteiger partial charge < -0.3 is 4.79 Å². The fourth-order valence-corrected chi connectivity index (χ4v) is 2.99. The molecule has 0 heterocycles.